The molecule has 4 nitrogen and oxygen atoms in total. The highest BCUT2D eigenvalue weighted by atomic mass is 35.5. The standard InChI is InChI=1S/C13H18ClN3O/c1-10-12(3-4-15-13(10)14)9-16-5-7-17(8-6-16)11(2)18/h3-4H,5-9H2,1-2H3. The Bertz CT molecular complexity index is 442. The molecule has 0 unspecified atom stereocenters. The number of hydrogen-bond acceptors (Lipinski definition) is 3. The highest BCUT2D eigenvalue weighted by Crippen LogP contribution is 2.18. The van der Waals surface area contributed by atoms with Crippen LogP contribution in [0.5, 0.6) is 0 Å². The van der Waals surface area contributed by atoms with Gasteiger partial charge in [0.1, 0.15) is 5.15 Å². The first-order valence-corrected chi connectivity index (χ1v) is 6.53. The quantitative estimate of drug-likeness (QED) is 0.766. The Kier molecular flexibility index (Phi) is 4.19. The number of hydrogen-bond donors (Lipinski definition) is 0. The lowest BCUT2D eigenvalue weighted by Gasteiger charge is -2.34. The van der Waals surface area contributed by atoms with Crippen molar-refractivity contribution in [1.82, 2.24) is 14.8 Å². The van der Waals surface area contributed by atoms with Gasteiger partial charge in [0, 0.05) is 45.8 Å². The number of halogens is 1. The molecule has 0 aromatic carbocycles. The predicted octanol–water partition coefficient (Wildman–Crippen LogP) is 1.71. The van der Waals surface area contributed by atoms with Crippen LogP contribution in [0.4, 0.5) is 0 Å². The second-order valence-corrected chi connectivity index (χ2v) is 5.03. The van der Waals surface area contributed by atoms with Crippen LogP contribution >= 0.6 is 11.6 Å². The third-order valence-electron chi connectivity index (χ3n) is 3.47. The van der Waals surface area contributed by atoms with Gasteiger partial charge in [-0.05, 0) is 24.1 Å². The molecule has 2 heterocycles. The minimum Gasteiger partial charge on any atom is -0.340 e. The van der Waals surface area contributed by atoms with Crippen LogP contribution < -0.4 is 0 Å². The van der Waals surface area contributed by atoms with Gasteiger partial charge in [-0.1, -0.05) is 11.6 Å². The molecule has 1 aliphatic rings. The van der Waals surface area contributed by atoms with Gasteiger partial charge >= 0.3 is 0 Å². The second kappa shape index (κ2) is 5.67. The summed E-state index contributed by atoms with van der Waals surface area (Å²) in [4.78, 5) is 19.5. The number of nitrogens with zero attached hydrogens (tertiary/aromatic N) is 3. The van der Waals surface area contributed by atoms with Crippen LogP contribution in [0, 0.1) is 6.92 Å². The maximum atomic E-state index is 11.2. The number of piperazine rings is 1. The molecule has 1 amide bonds. The van der Waals surface area contributed by atoms with Gasteiger partial charge in [-0.25, -0.2) is 4.98 Å². The van der Waals surface area contributed by atoms with E-state index in [1.165, 1.54) is 5.56 Å². The van der Waals surface area contributed by atoms with E-state index in [0.717, 1.165) is 38.3 Å². The topological polar surface area (TPSA) is 36.4 Å². The lowest BCUT2D eigenvalue weighted by Crippen LogP contribution is -2.47. The summed E-state index contributed by atoms with van der Waals surface area (Å²) >= 11 is 6.01. The lowest BCUT2D eigenvalue weighted by atomic mass is 10.1. The van der Waals surface area contributed by atoms with Crippen molar-refractivity contribution in [2.24, 2.45) is 0 Å². The van der Waals surface area contributed by atoms with Crippen molar-refractivity contribution in [2.75, 3.05) is 26.2 Å². The van der Waals surface area contributed by atoms with Crippen molar-refractivity contribution < 1.29 is 4.79 Å². The molecule has 1 aromatic rings. The first-order chi connectivity index (χ1) is 8.58. The first kappa shape index (κ1) is 13.3. The molecular weight excluding hydrogens is 250 g/mol. The number of amides is 1. The molecule has 0 N–H and O–H groups in total. The van der Waals surface area contributed by atoms with E-state index < -0.39 is 0 Å². The maximum absolute atomic E-state index is 11.2. The third-order valence-corrected chi connectivity index (χ3v) is 3.85. The van der Waals surface area contributed by atoms with Crippen LogP contribution in [0.3, 0.4) is 0 Å². The monoisotopic (exact) mass is 267 g/mol. The van der Waals surface area contributed by atoms with Gasteiger partial charge in [0.2, 0.25) is 5.91 Å². The Balaban J connectivity index is 1.96. The molecule has 0 radical (unpaired) electrons. The van der Waals surface area contributed by atoms with Crippen molar-refractivity contribution >= 4 is 17.5 Å². The summed E-state index contributed by atoms with van der Waals surface area (Å²) in [7, 11) is 0. The molecule has 0 saturated carbocycles. The maximum Gasteiger partial charge on any atom is 0.219 e. The van der Waals surface area contributed by atoms with Gasteiger partial charge in [0.05, 0.1) is 0 Å². The summed E-state index contributed by atoms with van der Waals surface area (Å²) in [6.45, 7) is 7.96. The molecule has 1 aliphatic heterocycles. The van der Waals surface area contributed by atoms with E-state index >= 15 is 0 Å². The lowest BCUT2D eigenvalue weighted by molar-refractivity contribution is -0.130. The molecule has 1 fully saturated rings. The Labute approximate surface area is 113 Å². The van der Waals surface area contributed by atoms with E-state index in [-0.39, 0.29) is 5.91 Å². The summed E-state index contributed by atoms with van der Waals surface area (Å²) in [6, 6.07) is 2.01. The number of pyridine rings is 1. The zero-order valence-corrected chi connectivity index (χ0v) is 11.6. The Morgan fingerprint density at radius 3 is 2.67 bits per heavy atom. The van der Waals surface area contributed by atoms with Crippen LogP contribution in [0.25, 0.3) is 0 Å². The number of carbonyl (C=O) groups is 1. The molecule has 0 atom stereocenters. The highest BCUT2D eigenvalue weighted by molar-refractivity contribution is 6.30. The minimum absolute atomic E-state index is 0.165. The van der Waals surface area contributed by atoms with Gasteiger partial charge in [0.25, 0.3) is 0 Å². The zero-order valence-electron chi connectivity index (χ0n) is 10.8. The summed E-state index contributed by atoms with van der Waals surface area (Å²) in [5.74, 6) is 0.165. The molecule has 98 valence electrons. The molecule has 0 aliphatic carbocycles. The van der Waals surface area contributed by atoms with Gasteiger partial charge in [-0.2, -0.15) is 0 Å². The van der Waals surface area contributed by atoms with Crippen molar-refractivity contribution in [1.29, 1.82) is 0 Å². The third kappa shape index (κ3) is 3.00. The van der Waals surface area contributed by atoms with Crippen molar-refractivity contribution in [3.8, 4) is 0 Å². The number of aromatic nitrogens is 1. The fourth-order valence-electron chi connectivity index (χ4n) is 2.18. The molecule has 18 heavy (non-hydrogen) atoms. The van der Waals surface area contributed by atoms with Crippen molar-refractivity contribution in [2.45, 2.75) is 20.4 Å². The van der Waals surface area contributed by atoms with E-state index in [0.29, 0.717) is 5.15 Å². The van der Waals surface area contributed by atoms with Crippen LogP contribution in [0.1, 0.15) is 18.1 Å². The molecule has 1 aromatic heterocycles. The van der Waals surface area contributed by atoms with E-state index in [4.69, 9.17) is 11.6 Å². The molecule has 0 spiro atoms. The molecule has 0 bridgehead atoms. The van der Waals surface area contributed by atoms with Crippen LogP contribution in [-0.4, -0.2) is 46.9 Å². The van der Waals surface area contributed by atoms with Crippen LogP contribution in [-0.2, 0) is 11.3 Å². The van der Waals surface area contributed by atoms with Crippen LogP contribution in [0.2, 0.25) is 5.15 Å². The fraction of sp³-hybridized carbons (Fsp3) is 0.538. The molecule has 2 rings (SSSR count). The smallest absolute Gasteiger partial charge is 0.219 e. The summed E-state index contributed by atoms with van der Waals surface area (Å²) in [5.41, 5.74) is 2.26. The van der Waals surface area contributed by atoms with E-state index in [9.17, 15) is 4.79 Å². The van der Waals surface area contributed by atoms with Gasteiger partial charge < -0.3 is 4.90 Å². The van der Waals surface area contributed by atoms with Crippen molar-refractivity contribution in [3.63, 3.8) is 0 Å². The largest absolute Gasteiger partial charge is 0.340 e. The normalized spacial score (nSPS) is 16.9. The Morgan fingerprint density at radius 1 is 1.39 bits per heavy atom. The van der Waals surface area contributed by atoms with Crippen molar-refractivity contribution in [3.05, 3.63) is 28.5 Å². The highest BCUT2D eigenvalue weighted by Gasteiger charge is 2.19. The number of carbonyl (C=O) groups excluding carboxylic acids is 1. The minimum atomic E-state index is 0.165. The average molecular weight is 268 g/mol. The predicted molar refractivity (Wildman–Crippen MR) is 71.5 cm³/mol. The SMILES string of the molecule is CC(=O)N1CCN(Cc2ccnc(Cl)c2C)CC1. The van der Waals surface area contributed by atoms with E-state index in [1.54, 1.807) is 13.1 Å². The molecule has 1 saturated heterocycles. The van der Waals surface area contributed by atoms with Crippen LogP contribution in [0.15, 0.2) is 12.3 Å². The fourth-order valence-corrected chi connectivity index (χ4v) is 2.36. The molecule has 5 heteroatoms. The first-order valence-electron chi connectivity index (χ1n) is 6.16. The summed E-state index contributed by atoms with van der Waals surface area (Å²) < 4.78 is 0. The van der Waals surface area contributed by atoms with E-state index in [1.807, 2.05) is 17.9 Å². The van der Waals surface area contributed by atoms with Gasteiger partial charge in [0.15, 0.2) is 0 Å². The summed E-state index contributed by atoms with van der Waals surface area (Å²) in [5, 5.41) is 0.579. The second-order valence-electron chi connectivity index (χ2n) is 4.67. The Morgan fingerprint density at radius 2 is 2.06 bits per heavy atom. The molecular formula is C13H18ClN3O. The van der Waals surface area contributed by atoms with E-state index in [2.05, 4.69) is 9.88 Å². The number of rotatable bonds is 2. The van der Waals surface area contributed by atoms with Gasteiger partial charge in [-0.3, -0.25) is 9.69 Å². The Hall–Kier alpha value is -1.13. The average Bonchev–Trinajstić information content (AvgIpc) is 2.36. The van der Waals surface area contributed by atoms with Gasteiger partial charge in [-0.15, -0.1) is 0 Å². The summed E-state index contributed by atoms with van der Waals surface area (Å²) in [6.07, 6.45) is 1.75. The zero-order chi connectivity index (χ0) is 13.1.